The van der Waals surface area contributed by atoms with E-state index in [1.807, 2.05) is 6.08 Å². The van der Waals surface area contributed by atoms with Crippen molar-refractivity contribution in [3.05, 3.63) is 11.6 Å². The van der Waals surface area contributed by atoms with Gasteiger partial charge in [0.2, 0.25) is 0 Å². The molecule has 3 saturated carbocycles. The molecule has 5 heteroatoms. The molecule has 4 aliphatic rings. The van der Waals surface area contributed by atoms with E-state index in [1.165, 1.54) is 12.5 Å². The van der Waals surface area contributed by atoms with E-state index in [9.17, 15) is 14.8 Å². The van der Waals surface area contributed by atoms with E-state index in [0.29, 0.717) is 18.3 Å². The van der Waals surface area contributed by atoms with Crippen LogP contribution in [0.4, 0.5) is 0 Å². The van der Waals surface area contributed by atoms with Crippen molar-refractivity contribution in [2.24, 2.45) is 28.6 Å². The van der Waals surface area contributed by atoms with Gasteiger partial charge in [0.05, 0.1) is 0 Å². The van der Waals surface area contributed by atoms with E-state index >= 15 is 0 Å². The lowest BCUT2D eigenvalue weighted by molar-refractivity contribution is -0.175. The van der Waals surface area contributed by atoms with Gasteiger partial charge in [-0.05, 0) is 67.3 Å². The molecule has 4 rings (SSSR count). The number of fused-ring (bicyclic) bond motifs is 5. The molecule has 5 nitrogen and oxygen atoms in total. The second-order valence-electron chi connectivity index (χ2n) is 9.51. The summed E-state index contributed by atoms with van der Waals surface area (Å²) in [4.78, 5) is 23.9. The smallest absolute Gasteiger partial charge is 0.302 e. The minimum atomic E-state index is -0.228. The van der Waals surface area contributed by atoms with E-state index in [4.69, 9.17) is 4.74 Å². The van der Waals surface area contributed by atoms with Gasteiger partial charge in [-0.25, -0.2) is 5.48 Å². The summed E-state index contributed by atoms with van der Waals surface area (Å²) < 4.78 is 5.91. The van der Waals surface area contributed by atoms with Crippen molar-refractivity contribution in [3.63, 3.8) is 0 Å². The third-order valence-corrected chi connectivity index (χ3v) is 8.34. The monoisotopic (exact) mass is 361 g/mol. The summed E-state index contributed by atoms with van der Waals surface area (Å²) >= 11 is 0. The average Bonchev–Trinajstić information content (AvgIpc) is 2.90. The van der Waals surface area contributed by atoms with Crippen LogP contribution in [0.15, 0.2) is 11.6 Å². The van der Waals surface area contributed by atoms with Gasteiger partial charge in [0.1, 0.15) is 6.10 Å². The summed E-state index contributed by atoms with van der Waals surface area (Å²) in [6.45, 7) is 6.04. The zero-order chi connectivity index (χ0) is 18.7. The van der Waals surface area contributed by atoms with Crippen molar-refractivity contribution in [2.45, 2.75) is 77.9 Å². The summed E-state index contributed by atoms with van der Waals surface area (Å²) in [7, 11) is 0. The number of esters is 1. The van der Waals surface area contributed by atoms with Gasteiger partial charge in [0, 0.05) is 25.3 Å². The van der Waals surface area contributed by atoms with E-state index in [0.717, 1.165) is 38.5 Å². The molecule has 3 fully saturated rings. The predicted molar refractivity (Wildman–Crippen MR) is 96.4 cm³/mol. The highest BCUT2D eigenvalue weighted by Crippen LogP contribution is 2.65. The van der Waals surface area contributed by atoms with Crippen molar-refractivity contribution in [3.8, 4) is 0 Å². The minimum Gasteiger partial charge on any atom is -0.462 e. The number of ketones is 1. The number of hydrogen-bond acceptors (Lipinski definition) is 5. The van der Waals surface area contributed by atoms with Crippen molar-refractivity contribution in [1.29, 1.82) is 0 Å². The summed E-state index contributed by atoms with van der Waals surface area (Å²) in [6, 6.07) is 0.0594. The fourth-order valence-electron chi connectivity index (χ4n) is 7.19. The molecule has 0 aromatic rings. The van der Waals surface area contributed by atoms with Gasteiger partial charge >= 0.3 is 5.97 Å². The SMILES string of the molecule is CC(=O)O[C@H]1C[C@]2(C)C(NO)CCC2C2CCC3=CC(=O)CC[C@]3(C)C21. The number of hydrogen-bond donors (Lipinski definition) is 2. The van der Waals surface area contributed by atoms with Crippen molar-refractivity contribution >= 4 is 11.8 Å². The van der Waals surface area contributed by atoms with Gasteiger partial charge in [-0.2, -0.15) is 0 Å². The van der Waals surface area contributed by atoms with Gasteiger partial charge < -0.3 is 9.94 Å². The zero-order valence-electron chi connectivity index (χ0n) is 16.1. The first-order valence-electron chi connectivity index (χ1n) is 10.1. The zero-order valence-corrected chi connectivity index (χ0v) is 16.1. The second kappa shape index (κ2) is 6.16. The standard InChI is InChI=1S/C21H31NO4/c1-12(23)26-17-11-21(3)16(6-7-18(21)22-25)15-5-4-13-10-14(24)8-9-20(13,2)19(15)17/h10,15-19,22,25H,4-9,11H2,1-3H3/t15?,16?,17-,18?,19?,20-,21-/m0/s1. The normalized spacial score (nSPS) is 47.5. The van der Waals surface area contributed by atoms with Gasteiger partial charge in [0.25, 0.3) is 0 Å². The molecule has 4 unspecified atom stereocenters. The fraction of sp³-hybridized carbons (Fsp3) is 0.810. The number of allylic oxidation sites excluding steroid dienone is 1. The van der Waals surface area contributed by atoms with Crippen LogP contribution >= 0.6 is 0 Å². The summed E-state index contributed by atoms with van der Waals surface area (Å²) in [5.41, 5.74) is 3.71. The predicted octanol–water partition coefficient (Wildman–Crippen LogP) is 3.41. The van der Waals surface area contributed by atoms with Crippen LogP contribution in [0.2, 0.25) is 0 Å². The van der Waals surface area contributed by atoms with Crippen LogP contribution in [-0.4, -0.2) is 29.1 Å². The van der Waals surface area contributed by atoms with Crippen molar-refractivity contribution in [2.75, 3.05) is 0 Å². The highest BCUT2D eigenvalue weighted by atomic mass is 16.5. The Labute approximate surface area is 155 Å². The van der Waals surface area contributed by atoms with Gasteiger partial charge in [-0.15, -0.1) is 0 Å². The molecule has 26 heavy (non-hydrogen) atoms. The highest BCUT2D eigenvalue weighted by Gasteiger charge is 2.63. The van der Waals surface area contributed by atoms with Crippen LogP contribution in [-0.2, 0) is 14.3 Å². The van der Waals surface area contributed by atoms with E-state index < -0.39 is 0 Å². The molecule has 0 amide bonds. The molecule has 4 aliphatic carbocycles. The first kappa shape index (κ1) is 18.2. The lowest BCUT2D eigenvalue weighted by atomic mass is 9.46. The molecule has 0 aliphatic heterocycles. The van der Waals surface area contributed by atoms with Crippen molar-refractivity contribution < 1.29 is 19.5 Å². The molecular weight excluding hydrogens is 330 g/mol. The second-order valence-corrected chi connectivity index (χ2v) is 9.51. The van der Waals surface area contributed by atoms with Crippen LogP contribution in [0.3, 0.4) is 0 Å². The molecule has 0 bridgehead atoms. The number of carbonyl (C=O) groups is 2. The quantitative estimate of drug-likeness (QED) is 0.582. The first-order chi connectivity index (χ1) is 12.3. The van der Waals surface area contributed by atoms with E-state index in [2.05, 4.69) is 19.3 Å². The Morgan fingerprint density at radius 2 is 2.04 bits per heavy atom. The average molecular weight is 361 g/mol. The lowest BCUT2D eigenvalue weighted by Crippen LogP contribution is -2.59. The number of rotatable bonds is 2. The largest absolute Gasteiger partial charge is 0.462 e. The molecule has 144 valence electrons. The fourth-order valence-corrected chi connectivity index (χ4v) is 7.19. The Morgan fingerprint density at radius 1 is 1.27 bits per heavy atom. The van der Waals surface area contributed by atoms with E-state index in [1.54, 1.807) is 0 Å². The van der Waals surface area contributed by atoms with Crippen LogP contribution in [0, 0.1) is 28.6 Å². The van der Waals surface area contributed by atoms with Crippen molar-refractivity contribution in [1.82, 2.24) is 5.48 Å². The molecule has 7 atom stereocenters. The highest BCUT2D eigenvalue weighted by molar-refractivity contribution is 5.91. The Hall–Kier alpha value is -1.20. The topological polar surface area (TPSA) is 75.6 Å². The van der Waals surface area contributed by atoms with Gasteiger partial charge in [-0.1, -0.05) is 19.4 Å². The molecule has 0 spiro atoms. The van der Waals surface area contributed by atoms with Gasteiger partial charge in [0.15, 0.2) is 5.78 Å². The maximum Gasteiger partial charge on any atom is 0.302 e. The lowest BCUT2D eigenvalue weighted by Gasteiger charge is -2.60. The Bertz CT molecular complexity index is 658. The molecule has 0 radical (unpaired) electrons. The summed E-state index contributed by atoms with van der Waals surface area (Å²) in [5.74, 6) is 1.29. The van der Waals surface area contributed by atoms with Crippen LogP contribution in [0.5, 0.6) is 0 Å². The molecule has 2 N–H and O–H groups in total. The maximum absolute atomic E-state index is 12.0. The Balaban J connectivity index is 1.76. The molecule has 0 heterocycles. The Kier molecular flexibility index (Phi) is 4.31. The van der Waals surface area contributed by atoms with E-state index in [-0.39, 0.29) is 40.6 Å². The first-order valence-corrected chi connectivity index (χ1v) is 10.1. The minimum absolute atomic E-state index is 0.0526. The molecule has 0 aromatic heterocycles. The Morgan fingerprint density at radius 3 is 2.73 bits per heavy atom. The molecular formula is C21H31NO4. The number of ether oxygens (including phenoxy) is 1. The maximum atomic E-state index is 12.0. The molecule has 0 aromatic carbocycles. The molecule has 0 saturated heterocycles. The van der Waals surface area contributed by atoms with Gasteiger partial charge in [-0.3, -0.25) is 9.59 Å². The summed E-state index contributed by atoms with van der Waals surface area (Å²) in [5, 5.41) is 9.70. The summed E-state index contributed by atoms with van der Waals surface area (Å²) in [6.07, 6.45) is 8.08. The number of carbonyl (C=O) groups excluding carboxylic acids is 2. The van der Waals surface area contributed by atoms with Crippen LogP contribution < -0.4 is 5.48 Å². The number of nitrogens with one attached hydrogen (secondary N) is 1. The number of hydroxylamine groups is 1. The van der Waals surface area contributed by atoms with Crippen LogP contribution in [0.25, 0.3) is 0 Å². The third kappa shape index (κ3) is 2.50. The third-order valence-electron chi connectivity index (χ3n) is 8.34. The van der Waals surface area contributed by atoms with Crippen LogP contribution in [0.1, 0.15) is 65.7 Å².